The molecule has 1 amide bonds. The van der Waals surface area contributed by atoms with Gasteiger partial charge in [0.25, 0.3) is 0 Å². The Morgan fingerprint density at radius 2 is 1.91 bits per heavy atom. The molecule has 1 saturated heterocycles. The Morgan fingerprint density at radius 3 is 2.74 bits per heavy atom. The summed E-state index contributed by atoms with van der Waals surface area (Å²) in [6.45, 7) is 5.09. The van der Waals surface area contributed by atoms with Crippen LogP contribution in [0.4, 0.5) is 0 Å². The first-order chi connectivity index (χ1) is 16.6. The number of halogens is 1. The van der Waals surface area contributed by atoms with E-state index in [9.17, 15) is 4.79 Å². The summed E-state index contributed by atoms with van der Waals surface area (Å²) in [6, 6.07) is 24.9. The summed E-state index contributed by atoms with van der Waals surface area (Å²) in [5.74, 6) is 1.15. The third-order valence-corrected chi connectivity index (χ3v) is 7.02. The second-order valence-electron chi connectivity index (χ2n) is 9.11. The molecule has 0 aliphatic carbocycles. The maximum Gasteiger partial charge on any atom is 0.224 e. The standard InChI is InChI=1S/C28H29BrN4O/c1-20-11-13-21(14-12-20)17-30-28(34)22-6-5-15-32(18-22)19-27-31-25-9-2-3-10-26(25)33(27)24-8-4-7-23(29)16-24/h2-4,7-14,16,22H,5-6,15,17-19H2,1H3,(H,30,34)/t22-/m0/s1. The third kappa shape index (κ3) is 5.08. The van der Waals surface area contributed by atoms with E-state index in [1.807, 2.05) is 18.2 Å². The van der Waals surface area contributed by atoms with Gasteiger partial charge in [0.15, 0.2) is 0 Å². The van der Waals surface area contributed by atoms with Gasteiger partial charge in [0, 0.05) is 23.2 Å². The third-order valence-electron chi connectivity index (χ3n) is 6.53. The number of likely N-dealkylation sites (tertiary alicyclic amines) is 1. The number of imidazole rings is 1. The fourth-order valence-corrected chi connectivity index (χ4v) is 5.13. The molecule has 0 bridgehead atoms. The minimum absolute atomic E-state index is 0.00268. The zero-order valence-electron chi connectivity index (χ0n) is 19.4. The van der Waals surface area contributed by atoms with Gasteiger partial charge >= 0.3 is 0 Å². The summed E-state index contributed by atoms with van der Waals surface area (Å²) in [7, 11) is 0. The summed E-state index contributed by atoms with van der Waals surface area (Å²) in [5, 5.41) is 3.15. The monoisotopic (exact) mass is 516 g/mol. The summed E-state index contributed by atoms with van der Waals surface area (Å²) < 4.78 is 3.28. The van der Waals surface area contributed by atoms with E-state index in [2.05, 4.69) is 92.2 Å². The molecule has 1 aliphatic rings. The van der Waals surface area contributed by atoms with Gasteiger partial charge < -0.3 is 5.32 Å². The first-order valence-electron chi connectivity index (χ1n) is 11.8. The Labute approximate surface area is 208 Å². The van der Waals surface area contributed by atoms with E-state index < -0.39 is 0 Å². The summed E-state index contributed by atoms with van der Waals surface area (Å²) in [5.41, 5.74) is 5.53. The van der Waals surface area contributed by atoms with Crippen LogP contribution in [0.25, 0.3) is 16.7 Å². The first-order valence-corrected chi connectivity index (χ1v) is 12.6. The van der Waals surface area contributed by atoms with E-state index in [1.54, 1.807) is 0 Å². The molecule has 1 N–H and O–H groups in total. The van der Waals surface area contributed by atoms with Crippen LogP contribution in [0, 0.1) is 12.8 Å². The molecular formula is C28H29BrN4O. The molecule has 0 radical (unpaired) electrons. The molecule has 1 atom stereocenters. The normalized spacial score (nSPS) is 16.6. The van der Waals surface area contributed by atoms with E-state index in [-0.39, 0.29) is 11.8 Å². The molecule has 6 heteroatoms. The number of carbonyl (C=O) groups is 1. The Morgan fingerprint density at radius 1 is 1.09 bits per heavy atom. The molecule has 2 heterocycles. The van der Waals surface area contributed by atoms with E-state index >= 15 is 0 Å². The molecule has 1 aromatic heterocycles. The van der Waals surface area contributed by atoms with E-state index in [4.69, 9.17) is 4.98 Å². The van der Waals surface area contributed by atoms with E-state index in [0.717, 1.165) is 58.5 Å². The zero-order chi connectivity index (χ0) is 23.5. The topological polar surface area (TPSA) is 50.2 Å². The van der Waals surface area contributed by atoms with Gasteiger partial charge in [-0.05, 0) is 62.2 Å². The molecule has 0 saturated carbocycles. The van der Waals surface area contributed by atoms with Crippen molar-refractivity contribution >= 4 is 32.9 Å². The molecule has 4 aromatic rings. The van der Waals surface area contributed by atoms with Crippen molar-refractivity contribution in [1.82, 2.24) is 19.8 Å². The van der Waals surface area contributed by atoms with Crippen molar-refractivity contribution in [3.8, 4) is 5.69 Å². The van der Waals surface area contributed by atoms with Crippen LogP contribution in [0.15, 0.2) is 77.3 Å². The Bertz CT molecular complexity index is 1300. The average Bonchev–Trinajstić information content (AvgIpc) is 3.21. The van der Waals surface area contributed by atoms with Gasteiger partial charge in [-0.3, -0.25) is 14.3 Å². The van der Waals surface area contributed by atoms with Crippen LogP contribution >= 0.6 is 15.9 Å². The van der Waals surface area contributed by atoms with Crippen molar-refractivity contribution < 1.29 is 4.79 Å². The van der Waals surface area contributed by atoms with Crippen molar-refractivity contribution in [2.24, 2.45) is 5.92 Å². The van der Waals surface area contributed by atoms with Crippen molar-refractivity contribution in [3.63, 3.8) is 0 Å². The lowest BCUT2D eigenvalue weighted by Gasteiger charge is -2.31. The number of amides is 1. The number of hydrogen-bond donors (Lipinski definition) is 1. The molecule has 34 heavy (non-hydrogen) atoms. The van der Waals surface area contributed by atoms with Gasteiger partial charge in [0.05, 0.1) is 23.5 Å². The number of rotatable bonds is 6. The number of fused-ring (bicyclic) bond motifs is 1. The minimum atomic E-state index is 0.00268. The number of aryl methyl sites for hydroxylation is 1. The number of benzene rings is 3. The highest BCUT2D eigenvalue weighted by molar-refractivity contribution is 9.10. The lowest BCUT2D eigenvalue weighted by molar-refractivity contribution is -0.127. The SMILES string of the molecule is Cc1ccc(CNC(=O)[C@H]2CCCN(Cc3nc4ccccc4n3-c3cccc(Br)c3)C2)cc1. The number of nitrogens with one attached hydrogen (secondary N) is 1. The zero-order valence-corrected chi connectivity index (χ0v) is 21.0. The highest BCUT2D eigenvalue weighted by atomic mass is 79.9. The number of hydrogen-bond acceptors (Lipinski definition) is 3. The van der Waals surface area contributed by atoms with Crippen molar-refractivity contribution in [2.45, 2.75) is 32.9 Å². The highest BCUT2D eigenvalue weighted by Gasteiger charge is 2.27. The largest absolute Gasteiger partial charge is 0.352 e. The average molecular weight is 517 g/mol. The van der Waals surface area contributed by atoms with Crippen LogP contribution in [0.2, 0.25) is 0 Å². The van der Waals surface area contributed by atoms with Gasteiger partial charge in [-0.2, -0.15) is 0 Å². The maximum absolute atomic E-state index is 12.9. The number of nitrogens with zero attached hydrogens (tertiary/aromatic N) is 3. The second kappa shape index (κ2) is 10.1. The van der Waals surface area contributed by atoms with Crippen molar-refractivity contribution in [3.05, 3.63) is 94.2 Å². The van der Waals surface area contributed by atoms with Gasteiger partial charge in [-0.25, -0.2) is 4.98 Å². The molecule has 5 nitrogen and oxygen atoms in total. The molecule has 1 aliphatic heterocycles. The molecular weight excluding hydrogens is 488 g/mol. The predicted molar refractivity (Wildman–Crippen MR) is 140 cm³/mol. The van der Waals surface area contributed by atoms with Crippen LogP contribution in [-0.4, -0.2) is 33.4 Å². The van der Waals surface area contributed by atoms with Gasteiger partial charge in [-0.15, -0.1) is 0 Å². The molecule has 5 rings (SSSR count). The van der Waals surface area contributed by atoms with Gasteiger partial charge in [0.2, 0.25) is 5.91 Å². The number of piperidine rings is 1. The summed E-state index contributed by atoms with van der Waals surface area (Å²) >= 11 is 3.61. The molecule has 1 fully saturated rings. The molecule has 0 spiro atoms. The fourth-order valence-electron chi connectivity index (χ4n) is 4.74. The Balaban J connectivity index is 1.31. The van der Waals surface area contributed by atoms with Crippen molar-refractivity contribution in [1.29, 1.82) is 0 Å². The summed E-state index contributed by atoms with van der Waals surface area (Å²) in [6.07, 6.45) is 1.94. The van der Waals surface area contributed by atoms with Crippen LogP contribution in [0.5, 0.6) is 0 Å². The van der Waals surface area contributed by atoms with Crippen LogP contribution in [-0.2, 0) is 17.9 Å². The van der Waals surface area contributed by atoms with Crippen LogP contribution in [0.1, 0.15) is 29.8 Å². The summed E-state index contributed by atoms with van der Waals surface area (Å²) in [4.78, 5) is 20.3. The van der Waals surface area contributed by atoms with E-state index in [0.29, 0.717) is 13.1 Å². The predicted octanol–water partition coefficient (Wildman–Crippen LogP) is 5.62. The van der Waals surface area contributed by atoms with Gasteiger partial charge in [-0.1, -0.05) is 64.0 Å². The lowest BCUT2D eigenvalue weighted by atomic mass is 9.97. The fraction of sp³-hybridized carbons (Fsp3) is 0.286. The van der Waals surface area contributed by atoms with Crippen molar-refractivity contribution in [2.75, 3.05) is 13.1 Å². The molecule has 174 valence electrons. The quantitative estimate of drug-likeness (QED) is 0.361. The first kappa shape index (κ1) is 22.8. The molecule has 3 aromatic carbocycles. The second-order valence-corrected chi connectivity index (χ2v) is 10.0. The lowest BCUT2D eigenvalue weighted by Crippen LogP contribution is -2.42. The number of para-hydroxylation sites is 2. The molecule has 0 unspecified atom stereocenters. The minimum Gasteiger partial charge on any atom is -0.352 e. The van der Waals surface area contributed by atoms with Crippen LogP contribution in [0.3, 0.4) is 0 Å². The number of carbonyl (C=O) groups excluding carboxylic acids is 1. The smallest absolute Gasteiger partial charge is 0.224 e. The maximum atomic E-state index is 12.9. The Hall–Kier alpha value is -2.96. The number of aromatic nitrogens is 2. The highest BCUT2D eigenvalue weighted by Crippen LogP contribution is 2.26. The Kier molecular flexibility index (Phi) is 6.79. The van der Waals surface area contributed by atoms with Crippen LogP contribution < -0.4 is 5.32 Å². The van der Waals surface area contributed by atoms with E-state index in [1.165, 1.54) is 5.56 Å². The van der Waals surface area contributed by atoms with Gasteiger partial charge in [0.1, 0.15) is 5.82 Å².